The van der Waals surface area contributed by atoms with E-state index in [-0.39, 0.29) is 18.2 Å². The maximum atomic E-state index is 12.4. The summed E-state index contributed by atoms with van der Waals surface area (Å²) >= 11 is 0. The highest BCUT2D eigenvalue weighted by Gasteiger charge is 2.31. The van der Waals surface area contributed by atoms with Crippen molar-refractivity contribution < 1.29 is 32.5 Å². The highest BCUT2D eigenvalue weighted by atomic mass is 19.4. The zero-order valence-electron chi connectivity index (χ0n) is 19.1. The van der Waals surface area contributed by atoms with Gasteiger partial charge in [0.25, 0.3) is 0 Å². The van der Waals surface area contributed by atoms with Crippen LogP contribution in [0.25, 0.3) is 10.8 Å². The van der Waals surface area contributed by atoms with Crippen LogP contribution in [-0.2, 0) is 11.3 Å². The third kappa shape index (κ3) is 5.51. The summed E-state index contributed by atoms with van der Waals surface area (Å²) in [6.45, 7) is 5.52. The van der Waals surface area contributed by atoms with Crippen molar-refractivity contribution in [2.45, 2.75) is 12.9 Å². The monoisotopic (exact) mass is 479 g/mol. The van der Waals surface area contributed by atoms with Crippen LogP contribution in [0.15, 0.2) is 42.6 Å². The quantitative estimate of drug-likeness (QED) is 0.526. The van der Waals surface area contributed by atoms with Gasteiger partial charge in [-0.05, 0) is 23.8 Å². The Morgan fingerprint density at radius 3 is 2.32 bits per heavy atom. The number of ether oxygens (including phenoxy) is 3. The molecule has 2 heterocycles. The molecule has 1 aromatic heterocycles. The normalized spacial score (nSPS) is 15.1. The van der Waals surface area contributed by atoms with E-state index in [2.05, 4.69) is 14.5 Å². The standard InChI is InChI=1S/C24H28F3N3O4/c1-32-12-11-28-7-9-29(10-8-28)19-13-18-16-30(23(31)22(18)21(14-19)33-2)15-17-3-5-20(6-4-17)34-24(25,26)27/h3-6,13-14,16,31H,7-12,15H2,1-2H3. The van der Waals surface area contributed by atoms with E-state index in [9.17, 15) is 18.3 Å². The Kier molecular flexibility index (Phi) is 7.08. The van der Waals surface area contributed by atoms with Crippen molar-refractivity contribution in [3.63, 3.8) is 0 Å². The number of methoxy groups -OCH3 is 2. The summed E-state index contributed by atoms with van der Waals surface area (Å²) in [6.07, 6.45) is -2.91. The van der Waals surface area contributed by atoms with Gasteiger partial charge in [-0.1, -0.05) is 12.1 Å². The van der Waals surface area contributed by atoms with Gasteiger partial charge in [0.1, 0.15) is 11.5 Å². The molecule has 0 unspecified atom stereocenters. The predicted octanol–water partition coefficient (Wildman–Crippen LogP) is 4.07. The van der Waals surface area contributed by atoms with Gasteiger partial charge in [0.2, 0.25) is 5.88 Å². The fourth-order valence-corrected chi connectivity index (χ4v) is 4.24. The van der Waals surface area contributed by atoms with Gasteiger partial charge in [-0.2, -0.15) is 0 Å². The van der Waals surface area contributed by atoms with E-state index in [0.29, 0.717) is 17.7 Å². The second kappa shape index (κ2) is 10.0. The second-order valence-electron chi connectivity index (χ2n) is 8.21. The third-order valence-corrected chi connectivity index (χ3v) is 5.99. The average Bonchev–Trinajstić information content (AvgIpc) is 3.13. The summed E-state index contributed by atoms with van der Waals surface area (Å²) in [5.41, 5.74) is 1.73. The van der Waals surface area contributed by atoms with Crippen molar-refractivity contribution in [3.05, 3.63) is 48.2 Å². The van der Waals surface area contributed by atoms with Crippen molar-refractivity contribution in [1.82, 2.24) is 9.47 Å². The molecule has 0 spiro atoms. The number of piperazine rings is 1. The molecule has 1 saturated heterocycles. The van der Waals surface area contributed by atoms with E-state index >= 15 is 0 Å². The summed E-state index contributed by atoms with van der Waals surface area (Å²) in [7, 11) is 3.27. The number of aromatic hydroxyl groups is 1. The molecule has 1 fully saturated rings. The molecular formula is C24H28F3N3O4. The Labute approximate surface area is 195 Å². The Morgan fingerprint density at radius 1 is 1.00 bits per heavy atom. The molecule has 0 saturated carbocycles. The Morgan fingerprint density at radius 2 is 1.71 bits per heavy atom. The van der Waals surface area contributed by atoms with Crippen LogP contribution in [0.4, 0.5) is 18.9 Å². The molecule has 0 amide bonds. The summed E-state index contributed by atoms with van der Waals surface area (Å²) in [5.74, 6) is 0.324. The van der Waals surface area contributed by atoms with E-state index in [4.69, 9.17) is 9.47 Å². The van der Waals surface area contributed by atoms with Crippen LogP contribution >= 0.6 is 0 Å². The van der Waals surface area contributed by atoms with E-state index < -0.39 is 6.36 Å². The smallest absolute Gasteiger partial charge is 0.496 e. The SMILES string of the molecule is COCCN1CCN(c2cc(OC)c3c(O)n(Cc4ccc(OC(F)(F)F)cc4)cc3c2)CC1. The van der Waals surface area contributed by atoms with Crippen molar-refractivity contribution in [2.24, 2.45) is 0 Å². The van der Waals surface area contributed by atoms with Crippen LogP contribution in [0.2, 0.25) is 0 Å². The predicted molar refractivity (Wildman–Crippen MR) is 123 cm³/mol. The van der Waals surface area contributed by atoms with Gasteiger partial charge in [0.15, 0.2) is 0 Å². The van der Waals surface area contributed by atoms with Gasteiger partial charge in [-0.15, -0.1) is 13.2 Å². The summed E-state index contributed by atoms with van der Waals surface area (Å²) < 4.78 is 53.5. The molecule has 0 aliphatic carbocycles. The number of anilines is 1. The van der Waals surface area contributed by atoms with Gasteiger partial charge in [0.05, 0.1) is 25.6 Å². The van der Waals surface area contributed by atoms with Gasteiger partial charge in [-0.3, -0.25) is 4.90 Å². The van der Waals surface area contributed by atoms with Crippen molar-refractivity contribution in [3.8, 4) is 17.4 Å². The number of hydrogen-bond donors (Lipinski definition) is 1. The minimum Gasteiger partial charge on any atom is -0.496 e. The van der Waals surface area contributed by atoms with Crippen LogP contribution < -0.4 is 14.4 Å². The number of halogens is 3. The molecule has 1 N–H and O–H groups in total. The molecule has 0 bridgehead atoms. The number of nitrogens with zero attached hydrogens (tertiary/aromatic N) is 3. The molecule has 3 aromatic rings. The minimum atomic E-state index is -4.73. The van der Waals surface area contributed by atoms with Gasteiger partial charge in [0, 0.05) is 63.2 Å². The first-order valence-corrected chi connectivity index (χ1v) is 11.0. The number of rotatable bonds is 8. The number of hydrogen-bond acceptors (Lipinski definition) is 6. The summed E-state index contributed by atoms with van der Waals surface area (Å²) in [5, 5.41) is 12.3. The fraction of sp³-hybridized carbons (Fsp3) is 0.417. The largest absolute Gasteiger partial charge is 0.573 e. The van der Waals surface area contributed by atoms with Gasteiger partial charge >= 0.3 is 6.36 Å². The molecule has 1 aliphatic rings. The molecule has 184 valence electrons. The molecule has 0 radical (unpaired) electrons. The summed E-state index contributed by atoms with van der Waals surface area (Å²) in [6, 6.07) is 9.55. The molecular weight excluding hydrogens is 451 g/mol. The number of aromatic nitrogens is 1. The highest BCUT2D eigenvalue weighted by Crippen LogP contribution is 2.39. The maximum Gasteiger partial charge on any atom is 0.573 e. The first-order valence-electron chi connectivity index (χ1n) is 11.0. The minimum absolute atomic E-state index is 0.0402. The molecule has 2 aromatic carbocycles. The van der Waals surface area contributed by atoms with E-state index in [0.717, 1.165) is 49.4 Å². The van der Waals surface area contributed by atoms with Crippen LogP contribution in [0, 0.1) is 0 Å². The van der Waals surface area contributed by atoms with Crippen LogP contribution in [0.1, 0.15) is 5.56 Å². The van der Waals surface area contributed by atoms with E-state index in [1.165, 1.54) is 24.3 Å². The number of fused-ring (bicyclic) bond motifs is 1. The van der Waals surface area contributed by atoms with Crippen LogP contribution in [0.5, 0.6) is 17.4 Å². The van der Waals surface area contributed by atoms with Gasteiger partial charge in [-0.25, -0.2) is 0 Å². The molecule has 10 heteroatoms. The first kappa shape index (κ1) is 24.0. The summed E-state index contributed by atoms with van der Waals surface area (Å²) in [4.78, 5) is 4.65. The molecule has 34 heavy (non-hydrogen) atoms. The molecule has 7 nitrogen and oxygen atoms in total. The fourth-order valence-electron chi connectivity index (χ4n) is 4.24. The number of alkyl halides is 3. The number of benzene rings is 2. The maximum absolute atomic E-state index is 12.4. The van der Waals surface area contributed by atoms with Crippen LogP contribution in [-0.4, -0.2) is 74.5 Å². The zero-order valence-corrected chi connectivity index (χ0v) is 19.1. The van der Waals surface area contributed by atoms with E-state index in [1.807, 2.05) is 18.3 Å². The Bertz CT molecular complexity index is 1110. The van der Waals surface area contributed by atoms with Crippen molar-refractivity contribution in [1.29, 1.82) is 0 Å². The highest BCUT2D eigenvalue weighted by molar-refractivity contribution is 5.96. The lowest BCUT2D eigenvalue weighted by atomic mass is 10.1. The first-order chi connectivity index (χ1) is 16.3. The average molecular weight is 479 g/mol. The molecule has 1 aliphatic heterocycles. The zero-order chi connectivity index (χ0) is 24.3. The second-order valence-corrected chi connectivity index (χ2v) is 8.21. The van der Waals surface area contributed by atoms with Crippen molar-refractivity contribution in [2.75, 3.05) is 58.5 Å². The molecule has 4 rings (SSSR count). The lowest BCUT2D eigenvalue weighted by molar-refractivity contribution is -0.274. The third-order valence-electron chi connectivity index (χ3n) is 5.99. The lowest BCUT2D eigenvalue weighted by Gasteiger charge is -2.36. The Hall–Kier alpha value is -3.11. The van der Waals surface area contributed by atoms with E-state index in [1.54, 1.807) is 18.8 Å². The van der Waals surface area contributed by atoms with Crippen molar-refractivity contribution >= 4 is 16.5 Å². The lowest BCUT2D eigenvalue weighted by Crippen LogP contribution is -2.47. The van der Waals surface area contributed by atoms with Gasteiger partial charge < -0.3 is 28.8 Å². The topological polar surface area (TPSA) is 59.3 Å². The van der Waals surface area contributed by atoms with Crippen LogP contribution in [0.3, 0.4) is 0 Å². The Balaban J connectivity index is 1.53. The molecule has 0 atom stereocenters.